The molecule has 0 aliphatic rings. The van der Waals surface area contributed by atoms with Gasteiger partial charge in [-0.25, -0.2) is 9.37 Å². The zero-order valence-corrected chi connectivity index (χ0v) is 22.4. The van der Waals surface area contributed by atoms with Crippen molar-refractivity contribution in [2.24, 2.45) is 5.73 Å². The molecule has 0 aliphatic heterocycles. The predicted molar refractivity (Wildman–Crippen MR) is 139 cm³/mol. The molecular weight excluding hydrogens is 516 g/mol. The minimum absolute atomic E-state index is 0.0781. The number of aromatic nitrogens is 1. The molecule has 1 aromatic heterocycles. The highest BCUT2D eigenvalue weighted by Gasteiger charge is 2.56. The highest BCUT2D eigenvalue weighted by molar-refractivity contribution is 5.96. The molecule has 0 amide bonds. The molecule has 210 valence electrons. The number of methoxy groups -OCH3 is 1. The number of rotatable bonds is 10. The van der Waals surface area contributed by atoms with E-state index in [-0.39, 0.29) is 28.1 Å². The van der Waals surface area contributed by atoms with E-state index >= 15 is 0 Å². The summed E-state index contributed by atoms with van der Waals surface area (Å²) in [5.74, 6) is -0.473. The third-order valence-corrected chi connectivity index (χ3v) is 6.42. The molecule has 3 rings (SSSR count). The van der Waals surface area contributed by atoms with E-state index in [9.17, 15) is 27.5 Å². The first-order valence-corrected chi connectivity index (χ1v) is 12.3. The molecular formula is C29H32F4N2O4. The van der Waals surface area contributed by atoms with Gasteiger partial charge in [-0.3, -0.25) is 4.79 Å². The van der Waals surface area contributed by atoms with Crippen LogP contribution in [-0.4, -0.2) is 35.8 Å². The summed E-state index contributed by atoms with van der Waals surface area (Å²) >= 11 is 0. The normalized spacial score (nSPS) is 13.6. The van der Waals surface area contributed by atoms with Gasteiger partial charge in [-0.05, 0) is 93.8 Å². The number of nitrogens with zero attached hydrogens (tertiary/aromatic N) is 1. The fraction of sp³-hybridized carbons (Fsp3) is 0.379. The number of aryl methyl sites for hydroxylation is 1. The molecule has 1 atom stereocenters. The summed E-state index contributed by atoms with van der Waals surface area (Å²) in [6.07, 6.45) is -6.81. The minimum atomic E-state index is -5.18. The molecule has 39 heavy (non-hydrogen) atoms. The number of hydrogen-bond donors (Lipinski definition) is 2. The maximum Gasteiger partial charge on any atom is 0.422 e. The number of carbonyl (C=O) groups excluding carboxylic acids is 1. The predicted octanol–water partition coefficient (Wildman–Crippen LogP) is 6.21. The number of nitrogens with two attached hydrogens (primary N) is 1. The molecule has 3 aromatic rings. The fourth-order valence-electron chi connectivity index (χ4n) is 4.04. The third kappa shape index (κ3) is 6.57. The summed E-state index contributed by atoms with van der Waals surface area (Å²) in [6, 6.07) is 10.9. The summed E-state index contributed by atoms with van der Waals surface area (Å²) < 4.78 is 67.9. The summed E-state index contributed by atoms with van der Waals surface area (Å²) in [7, 11) is 1.38. The summed E-state index contributed by atoms with van der Waals surface area (Å²) in [5, 5.41) is 11.1. The molecule has 1 heterocycles. The van der Waals surface area contributed by atoms with Gasteiger partial charge >= 0.3 is 6.18 Å². The van der Waals surface area contributed by atoms with Crippen molar-refractivity contribution in [1.82, 2.24) is 4.98 Å². The Morgan fingerprint density at radius 2 is 1.74 bits per heavy atom. The number of hydrogen-bond acceptors (Lipinski definition) is 6. The molecule has 2 aromatic carbocycles. The lowest BCUT2D eigenvalue weighted by molar-refractivity contribution is -0.270. The second-order valence-corrected chi connectivity index (χ2v) is 9.89. The van der Waals surface area contributed by atoms with Crippen LogP contribution in [0.4, 0.5) is 17.6 Å². The summed E-state index contributed by atoms with van der Waals surface area (Å²) in [5.41, 5.74) is 2.02. The Balaban J connectivity index is 2.05. The van der Waals surface area contributed by atoms with Crippen molar-refractivity contribution >= 4 is 5.78 Å². The zero-order valence-electron chi connectivity index (χ0n) is 22.4. The average molecular weight is 549 g/mol. The highest BCUT2D eigenvalue weighted by Crippen LogP contribution is 2.43. The van der Waals surface area contributed by atoms with Crippen LogP contribution >= 0.6 is 0 Å². The maximum absolute atomic E-state index is 14.5. The first-order valence-electron chi connectivity index (χ1n) is 12.3. The van der Waals surface area contributed by atoms with Crippen LogP contribution in [0, 0.1) is 12.7 Å². The van der Waals surface area contributed by atoms with Gasteiger partial charge in [0, 0.05) is 23.1 Å². The van der Waals surface area contributed by atoms with Crippen molar-refractivity contribution in [3.8, 4) is 22.8 Å². The lowest BCUT2D eigenvalue weighted by atomic mass is 9.86. The van der Waals surface area contributed by atoms with E-state index in [0.29, 0.717) is 17.9 Å². The Kier molecular flexibility index (Phi) is 8.72. The summed E-state index contributed by atoms with van der Waals surface area (Å²) in [6.45, 7) is 6.84. The largest absolute Gasteiger partial charge is 0.493 e. The molecule has 1 unspecified atom stereocenters. The van der Waals surface area contributed by atoms with Gasteiger partial charge in [-0.1, -0.05) is 0 Å². The van der Waals surface area contributed by atoms with Gasteiger partial charge in [-0.15, -0.1) is 0 Å². The van der Waals surface area contributed by atoms with E-state index in [1.807, 2.05) is 0 Å². The van der Waals surface area contributed by atoms with E-state index in [4.69, 9.17) is 15.2 Å². The van der Waals surface area contributed by atoms with Crippen LogP contribution in [0.2, 0.25) is 0 Å². The first-order chi connectivity index (χ1) is 18.1. The fourth-order valence-corrected chi connectivity index (χ4v) is 4.04. The van der Waals surface area contributed by atoms with Gasteiger partial charge in [0.25, 0.3) is 0 Å². The quantitative estimate of drug-likeness (QED) is 0.231. The molecule has 0 aliphatic carbocycles. The number of halogens is 4. The number of pyridine rings is 1. The molecule has 10 heteroatoms. The molecule has 0 bridgehead atoms. The summed E-state index contributed by atoms with van der Waals surface area (Å²) in [4.78, 5) is 17.1. The van der Waals surface area contributed by atoms with Crippen molar-refractivity contribution in [2.75, 3.05) is 13.7 Å². The molecule has 0 fully saturated rings. The Hall–Kier alpha value is -3.50. The Morgan fingerprint density at radius 1 is 1.05 bits per heavy atom. The van der Waals surface area contributed by atoms with Crippen LogP contribution in [0.15, 0.2) is 48.5 Å². The Labute approximate surface area is 224 Å². The van der Waals surface area contributed by atoms with Crippen molar-refractivity contribution in [3.05, 3.63) is 76.7 Å². The van der Waals surface area contributed by atoms with Gasteiger partial charge in [0.15, 0.2) is 17.3 Å². The van der Waals surface area contributed by atoms with Gasteiger partial charge in [-0.2, -0.15) is 13.2 Å². The van der Waals surface area contributed by atoms with Crippen LogP contribution in [0.5, 0.6) is 11.5 Å². The average Bonchev–Trinajstić information content (AvgIpc) is 2.87. The van der Waals surface area contributed by atoms with Crippen LogP contribution in [0.3, 0.4) is 0 Å². The van der Waals surface area contributed by atoms with E-state index < -0.39 is 47.5 Å². The number of benzene rings is 2. The van der Waals surface area contributed by atoms with Crippen LogP contribution in [0.1, 0.15) is 60.8 Å². The van der Waals surface area contributed by atoms with Gasteiger partial charge in [0.1, 0.15) is 5.82 Å². The van der Waals surface area contributed by atoms with Crippen LogP contribution in [-0.2, 0) is 11.1 Å². The lowest BCUT2D eigenvalue weighted by Crippen LogP contribution is -2.44. The first kappa shape index (κ1) is 30.0. The van der Waals surface area contributed by atoms with Crippen molar-refractivity contribution < 1.29 is 36.9 Å². The van der Waals surface area contributed by atoms with Crippen molar-refractivity contribution in [1.29, 1.82) is 0 Å². The van der Waals surface area contributed by atoms with E-state index in [1.165, 1.54) is 56.5 Å². The molecule has 3 N–H and O–H groups in total. The lowest BCUT2D eigenvalue weighted by Gasteiger charge is -2.32. The van der Waals surface area contributed by atoms with E-state index in [2.05, 4.69) is 4.98 Å². The zero-order chi connectivity index (χ0) is 29.2. The second-order valence-electron chi connectivity index (χ2n) is 9.89. The van der Waals surface area contributed by atoms with Crippen LogP contribution < -0.4 is 15.2 Å². The number of ketones is 1. The van der Waals surface area contributed by atoms with E-state index in [1.54, 1.807) is 20.8 Å². The molecule has 0 spiro atoms. The van der Waals surface area contributed by atoms with Crippen molar-refractivity contribution in [2.45, 2.75) is 57.9 Å². The maximum atomic E-state index is 14.5. The topological polar surface area (TPSA) is 94.7 Å². The number of carbonyl (C=O) groups is 1. The molecule has 0 saturated heterocycles. The van der Waals surface area contributed by atoms with Gasteiger partial charge in [0.05, 0.1) is 25.1 Å². The second kappa shape index (κ2) is 11.3. The number of ether oxygens (including phenoxy) is 2. The number of aliphatic hydroxyl groups is 1. The van der Waals surface area contributed by atoms with E-state index in [0.717, 1.165) is 6.07 Å². The standard InChI is InChI=1S/C29H32F4N2O4/c1-6-39-24-10-8-19(14-25(24)38-5)23(36)11-12-28(37,29(31,32)33)26-16-20(27(3,4)34)15-22(35-26)18-7-9-21(30)17(2)13-18/h7-10,13-16,37H,6,11-12,34H2,1-5H3. The number of Topliss-reactive ketones (excluding diaryl/α,β-unsaturated/α-hetero) is 1. The Bertz CT molecular complexity index is 1350. The molecule has 0 radical (unpaired) electrons. The van der Waals surface area contributed by atoms with Crippen LogP contribution in [0.25, 0.3) is 11.3 Å². The molecule has 6 nitrogen and oxygen atoms in total. The van der Waals surface area contributed by atoms with Gasteiger partial charge in [0.2, 0.25) is 5.60 Å². The third-order valence-electron chi connectivity index (χ3n) is 6.42. The smallest absolute Gasteiger partial charge is 0.422 e. The Morgan fingerprint density at radius 3 is 2.31 bits per heavy atom. The molecule has 0 saturated carbocycles. The minimum Gasteiger partial charge on any atom is -0.493 e. The van der Waals surface area contributed by atoms with Gasteiger partial charge < -0.3 is 20.3 Å². The monoisotopic (exact) mass is 548 g/mol. The SMILES string of the molecule is CCOc1ccc(C(=O)CCC(O)(c2cc(C(C)(C)N)cc(-c3ccc(F)c(C)c3)n2)C(F)(F)F)cc1OC. The number of alkyl halides is 3. The van der Waals surface area contributed by atoms with Crippen molar-refractivity contribution in [3.63, 3.8) is 0 Å². The highest BCUT2D eigenvalue weighted by atomic mass is 19.4.